The van der Waals surface area contributed by atoms with Crippen molar-refractivity contribution >= 4 is 29.5 Å². The third-order valence-corrected chi connectivity index (χ3v) is 6.14. The first-order valence-corrected chi connectivity index (χ1v) is 13.0. The van der Waals surface area contributed by atoms with Gasteiger partial charge in [0.05, 0.1) is 11.6 Å². The molecule has 0 bridgehead atoms. The quantitative estimate of drug-likeness (QED) is 0.350. The second-order valence-electron chi connectivity index (χ2n) is 10.3. The molecule has 10 nitrogen and oxygen atoms in total. The Balaban J connectivity index is 1.97. The largest absolute Gasteiger partial charge is 0.454 e. The van der Waals surface area contributed by atoms with Gasteiger partial charge in [0.25, 0.3) is 0 Å². The molecule has 0 aromatic heterocycles. The summed E-state index contributed by atoms with van der Waals surface area (Å²) in [7, 11) is 0. The first-order chi connectivity index (χ1) is 17.9. The number of aryl methyl sites for hydroxylation is 1. The second kappa shape index (κ2) is 14.6. The molecule has 1 aromatic rings. The summed E-state index contributed by atoms with van der Waals surface area (Å²) in [4.78, 5) is 63.1. The zero-order chi connectivity index (χ0) is 28.4. The molecule has 2 rings (SSSR count). The van der Waals surface area contributed by atoms with Crippen LogP contribution in [0.3, 0.4) is 0 Å². The number of hydrazine groups is 1. The highest BCUT2D eigenvalue weighted by atomic mass is 19.1. The fourth-order valence-electron chi connectivity index (χ4n) is 4.15. The third kappa shape index (κ3) is 9.20. The van der Waals surface area contributed by atoms with Gasteiger partial charge >= 0.3 is 5.97 Å². The molecule has 1 aromatic carbocycles. The molecule has 0 saturated carbocycles. The van der Waals surface area contributed by atoms with Gasteiger partial charge in [-0.15, -0.1) is 0 Å². The van der Waals surface area contributed by atoms with Crippen molar-refractivity contribution in [1.82, 2.24) is 21.1 Å². The molecule has 0 aliphatic carbocycles. The molecule has 2 atom stereocenters. The first kappa shape index (κ1) is 30.9. The molecular weight excluding hydrogens is 495 g/mol. The number of ketones is 1. The maximum absolute atomic E-state index is 13.3. The predicted octanol–water partition coefficient (Wildman–Crippen LogP) is 2.05. The van der Waals surface area contributed by atoms with Crippen molar-refractivity contribution in [1.29, 1.82) is 0 Å². The van der Waals surface area contributed by atoms with Crippen LogP contribution in [0.5, 0.6) is 0 Å². The molecule has 210 valence electrons. The molecule has 1 aliphatic heterocycles. The number of esters is 1. The van der Waals surface area contributed by atoms with Crippen molar-refractivity contribution in [2.24, 2.45) is 11.8 Å². The number of amides is 3. The lowest BCUT2D eigenvalue weighted by atomic mass is 9.98. The summed E-state index contributed by atoms with van der Waals surface area (Å²) in [5.74, 6) is -2.84. The number of carbonyl (C=O) groups is 5. The van der Waals surface area contributed by atoms with Crippen LogP contribution in [-0.2, 0) is 23.9 Å². The topological polar surface area (TPSA) is 134 Å². The molecule has 3 N–H and O–H groups in total. The average molecular weight is 535 g/mol. The summed E-state index contributed by atoms with van der Waals surface area (Å²) in [6.45, 7) is 9.01. The lowest BCUT2D eigenvalue weighted by molar-refractivity contribution is -0.147. The number of halogens is 1. The van der Waals surface area contributed by atoms with Crippen LogP contribution in [0.1, 0.15) is 69.3 Å². The van der Waals surface area contributed by atoms with Gasteiger partial charge < -0.3 is 15.4 Å². The summed E-state index contributed by atoms with van der Waals surface area (Å²) in [5.41, 5.74) is 3.47. The van der Waals surface area contributed by atoms with E-state index in [1.165, 1.54) is 17.1 Å². The Morgan fingerprint density at radius 2 is 1.87 bits per heavy atom. The normalized spacial score (nSPS) is 16.2. The van der Waals surface area contributed by atoms with Crippen molar-refractivity contribution in [2.75, 3.05) is 19.7 Å². The minimum atomic E-state index is -0.946. The first-order valence-electron chi connectivity index (χ1n) is 13.0. The van der Waals surface area contributed by atoms with Crippen LogP contribution in [0, 0.1) is 24.6 Å². The third-order valence-electron chi connectivity index (χ3n) is 6.14. The van der Waals surface area contributed by atoms with Gasteiger partial charge in [-0.2, -0.15) is 0 Å². The fourth-order valence-corrected chi connectivity index (χ4v) is 4.15. The number of hydrogen-bond donors (Lipinski definition) is 3. The zero-order valence-electron chi connectivity index (χ0n) is 22.8. The highest BCUT2D eigenvalue weighted by Gasteiger charge is 2.35. The number of Topliss-reactive ketones (excluding diaryl/α,β-unsaturated/α-hetero) is 1. The van der Waals surface area contributed by atoms with E-state index in [0.717, 1.165) is 6.07 Å². The van der Waals surface area contributed by atoms with Gasteiger partial charge in [-0.25, -0.2) is 14.6 Å². The molecule has 11 heteroatoms. The molecule has 38 heavy (non-hydrogen) atoms. The van der Waals surface area contributed by atoms with Crippen LogP contribution >= 0.6 is 0 Å². The number of nitrogens with one attached hydrogen (secondary N) is 3. The summed E-state index contributed by atoms with van der Waals surface area (Å²) in [6.07, 6.45) is 1.45. The molecule has 0 radical (unpaired) electrons. The molecule has 3 amide bonds. The Bertz CT molecular complexity index is 1030. The Morgan fingerprint density at radius 3 is 2.50 bits per heavy atom. The highest BCUT2D eigenvalue weighted by Crippen LogP contribution is 2.15. The molecule has 2 unspecified atom stereocenters. The number of rotatable bonds is 12. The molecule has 1 heterocycles. The Kier molecular flexibility index (Phi) is 11.8. The van der Waals surface area contributed by atoms with Crippen LogP contribution in [0.2, 0.25) is 0 Å². The summed E-state index contributed by atoms with van der Waals surface area (Å²) < 4.78 is 18.5. The smallest absolute Gasteiger partial charge is 0.338 e. The Labute approximate surface area is 223 Å². The number of nitrogens with zero attached hydrogens (tertiary/aromatic N) is 1. The van der Waals surface area contributed by atoms with Gasteiger partial charge in [0, 0.05) is 25.9 Å². The SMILES string of the molecule is Cc1cc(F)ccc1C(=O)OCC(=O)C(NC(=O)C1CCCNN1C(=O)CCNC(=O)CC(C)C)C(C)C. The minimum absolute atomic E-state index is 0.0198. The van der Waals surface area contributed by atoms with Crippen LogP contribution in [0.4, 0.5) is 4.39 Å². The van der Waals surface area contributed by atoms with Crippen molar-refractivity contribution in [3.8, 4) is 0 Å². The van der Waals surface area contributed by atoms with E-state index >= 15 is 0 Å². The van der Waals surface area contributed by atoms with Gasteiger partial charge in [0.2, 0.25) is 17.7 Å². The van der Waals surface area contributed by atoms with Crippen LogP contribution in [0.15, 0.2) is 18.2 Å². The molecule has 1 saturated heterocycles. The van der Waals surface area contributed by atoms with Crippen molar-refractivity contribution in [2.45, 2.75) is 72.4 Å². The van der Waals surface area contributed by atoms with Crippen molar-refractivity contribution in [3.05, 3.63) is 35.1 Å². The monoisotopic (exact) mass is 534 g/mol. The van der Waals surface area contributed by atoms with E-state index < -0.39 is 42.2 Å². The lowest BCUT2D eigenvalue weighted by Crippen LogP contribution is -2.61. The standard InChI is InChI=1S/C27H39FN4O6/c1-16(2)13-23(34)29-12-10-24(35)32-21(7-6-11-30-32)26(36)31-25(17(3)4)22(33)15-38-27(37)20-9-8-19(28)14-18(20)5/h8-9,14,16-17,21,25,30H,6-7,10-13,15H2,1-5H3,(H,29,34)(H,31,36). The van der Waals surface area contributed by atoms with Crippen LogP contribution in [-0.4, -0.2) is 66.3 Å². The highest BCUT2D eigenvalue weighted by molar-refractivity contribution is 5.96. The predicted molar refractivity (Wildman–Crippen MR) is 138 cm³/mol. The summed E-state index contributed by atoms with van der Waals surface area (Å²) >= 11 is 0. The Morgan fingerprint density at radius 1 is 1.16 bits per heavy atom. The van der Waals surface area contributed by atoms with E-state index in [1.807, 2.05) is 13.8 Å². The van der Waals surface area contributed by atoms with Crippen LogP contribution < -0.4 is 16.1 Å². The lowest BCUT2D eigenvalue weighted by Gasteiger charge is -2.36. The fraction of sp³-hybridized carbons (Fsp3) is 0.593. The summed E-state index contributed by atoms with van der Waals surface area (Å²) in [5, 5.41) is 6.70. The molecular formula is C27H39FN4O6. The van der Waals surface area contributed by atoms with E-state index in [4.69, 9.17) is 4.74 Å². The molecule has 1 aliphatic rings. The van der Waals surface area contributed by atoms with Gasteiger partial charge in [0.1, 0.15) is 11.9 Å². The number of ether oxygens (including phenoxy) is 1. The van der Waals surface area contributed by atoms with E-state index in [9.17, 15) is 28.4 Å². The van der Waals surface area contributed by atoms with Crippen molar-refractivity contribution in [3.63, 3.8) is 0 Å². The summed E-state index contributed by atoms with van der Waals surface area (Å²) in [6, 6.07) is 1.84. The average Bonchev–Trinajstić information content (AvgIpc) is 2.84. The van der Waals surface area contributed by atoms with E-state index in [0.29, 0.717) is 31.4 Å². The van der Waals surface area contributed by atoms with E-state index in [2.05, 4.69) is 16.1 Å². The van der Waals surface area contributed by atoms with Crippen molar-refractivity contribution < 1.29 is 33.1 Å². The van der Waals surface area contributed by atoms with E-state index in [1.54, 1.807) is 20.8 Å². The molecule has 0 spiro atoms. The number of carbonyl (C=O) groups excluding carboxylic acids is 5. The van der Waals surface area contributed by atoms with Gasteiger partial charge in [-0.05, 0) is 55.4 Å². The van der Waals surface area contributed by atoms with Gasteiger partial charge in [-0.1, -0.05) is 27.7 Å². The molecule has 1 fully saturated rings. The van der Waals surface area contributed by atoms with Gasteiger partial charge in [0.15, 0.2) is 12.4 Å². The second-order valence-corrected chi connectivity index (χ2v) is 10.3. The minimum Gasteiger partial charge on any atom is -0.454 e. The zero-order valence-corrected chi connectivity index (χ0v) is 22.8. The number of benzene rings is 1. The van der Waals surface area contributed by atoms with E-state index in [-0.39, 0.29) is 42.2 Å². The van der Waals surface area contributed by atoms with Crippen LogP contribution in [0.25, 0.3) is 0 Å². The maximum atomic E-state index is 13.3. The maximum Gasteiger partial charge on any atom is 0.338 e. The Hall–Kier alpha value is -3.34. The van der Waals surface area contributed by atoms with Gasteiger partial charge in [-0.3, -0.25) is 24.2 Å². The number of hydrogen-bond acceptors (Lipinski definition) is 7.